The van der Waals surface area contributed by atoms with Gasteiger partial charge in [0.15, 0.2) is 0 Å². The van der Waals surface area contributed by atoms with E-state index in [1.54, 1.807) is 0 Å². The summed E-state index contributed by atoms with van der Waals surface area (Å²) in [5, 5.41) is 0. The molecule has 0 amide bonds. The minimum Gasteiger partial charge on any atom is -0.488 e. The van der Waals surface area contributed by atoms with Crippen molar-refractivity contribution in [3.63, 3.8) is 0 Å². The molecule has 0 saturated carbocycles. The minimum atomic E-state index is -0.0498. The first-order valence-electron chi connectivity index (χ1n) is 12.3. The van der Waals surface area contributed by atoms with Gasteiger partial charge >= 0.3 is 0 Å². The molecule has 0 atom stereocenters. The molecule has 0 N–H and O–H groups in total. The van der Waals surface area contributed by atoms with Crippen molar-refractivity contribution in [2.24, 2.45) is 4.99 Å². The molecular formula is C32H37NO. The lowest BCUT2D eigenvalue weighted by Crippen LogP contribution is -2.14. The molecular weight excluding hydrogens is 414 g/mol. The van der Waals surface area contributed by atoms with Crippen molar-refractivity contribution in [2.45, 2.75) is 59.5 Å². The number of benzene rings is 3. The standard InChI is InChI=1S/C30H31NO.C2H6/c1-22(24-14-10-15-25(20-24)28-18-8-9-19-31-28)26-16-11-17-27(30(2,3)4)29(26)32-21-23-12-6-5-7-13-23;1-2/h5-7,10-20H,1,8-9,21H2,2-4H3;1-2H3. The molecule has 0 unspecified atom stereocenters. The van der Waals surface area contributed by atoms with Gasteiger partial charge in [0.25, 0.3) is 0 Å². The summed E-state index contributed by atoms with van der Waals surface area (Å²) >= 11 is 0. The lowest BCUT2D eigenvalue weighted by atomic mass is 9.83. The third-order valence-electron chi connectivity index (χ3n) is 5.74. The molecule has 3 aromatic carbocycles. The van der Waals surface area contributed by atoms with Crippen molar-refractivity contribution in [2.75, 3.05) is 0 Å². The van der Waals surface area contributed by atoms with Crippen molar-refractivity contribution in [3.05, 3.63) is 113 Å². The Balaban J connectivity index is 0.00000158. The maximum atomic E-state index is 6.47. The Morgan fingerprint density at radius 3 is 2.32 bits per heavy atom. The van der Waals surface area contributed by atoms with E-state index in [0.29, 0.717) is 6.61 Å². The molecule has 1 aliphatic rings. The molecule has 2 nitrogen and oxygen atoms in total. The normalized spacial score (nSPS) is 12.9. The SMILES string of the molecule is C=C(c1cccc(C2=CCCC=N2)c1)c1cccc(C(C)(C)C)c1OCc1ccccc1.CC. The summed E-state index contributed by atoms with van der Waals surface area (Å²) in [6, 6.07) is 25.2. The fraction of sp³-hybridized carbons (Fsp3) is 0.281. The summed E-state index contributed by atoms with van der Waals surface area (Å²) in [6.07, 6.45) is 6.25. The number of nitrogens with zero attached hydrogens (tertiary/aromatic N) is 1. The summed E-state index contributed by atoms with van der Waals surface area (Å²) < 4.78 is 6.47. The Labute approximate surface area is 205 Å². The molecule has 4 rings (SSSR count). The predicted molar refractivity (Wildman–Crippen MR) is 148 cm³/mol. The van der Waals surface area contributed by atoms with E-state index in [9.17, 15) is 0 Å². The number of hydrogen-bond donors (Lipinski definition) is 0. The fourth-order valence-corrected chi connectivity index (χ4v) is 3.97. The second-order valence-electron chi connectivity index (χ2n) is 9.24. The number of para-hydroxylation sites is 1. The first-order valence-corrected chi connectivity index (χ1v) is 12.3. The third kappa shape index (κ3) is 6.14. The van der Waals surface area contributed by atoms with Gasteiger partial charge in [0.05, 0.1) is 5.70 Å². The molecule has 0 radical (unpaired) electrons. The molecule has 3 aromatic rings. The van der Waals surface area contributed by atoms with Crippen LogP contribution in [0.4, 0.5) is 0 Å². The molecule has 1 heterocycles. The predicted octanol–water partition coefficient (Wildman–Crippen LogP) is 8.86. The van der Waals surface area contributed by atoms with Crippen LogP contribution < -0.4 is 4.74 Å². The van der Waals surface area contributed by atoms with Gasteiger partial charge in [0.2, 0.25) is 0 Å². The number of hydrogen-bond acceptors (Lipinski definition) is 2. The highest BCUT2D eigenvalue weighted by Gasteiger charge is 2.23. The summed E-state index contributed by atoms with van der Waals surface area (Å²) in [5.41, 5.74) is 7.52. The highest BCUT2D eigenvalue weighted by Crippen LogP contribution is 2.39. The van der Waals surface area contributed by atoms with Gasteiger partial charge in [-0.25, -0.2) is 0 Å². The lowest BCUT2D eigenvalue weighted by molar-refractivity contribution is 0.296. The monoisotopic (exact) mass is 451 g/mol. The van der Waals surface area contributed by atoms with Gasteiger partial charge in [-0.15, -0.1) is 0 Å². The Kier molecular flexibility index (Phi) is 8.65. The summed E-state index contributed by atoms with van der Waals surface area (Å²) in [5.74, 6) is 0.911. The largest absolute Gasteiger partial charge is 0.488 e. The molecule has 0 aliphatic carbocycles. The van der Waals surface area contributed by atoms with Crippen LogP contribution >= 0.6 is 0 Å². The maximum Gasteiger partial charge on any atom is 0.131 e. The van der Waals surface area contributed by atoms with E-state index in [-0.39, 0.29) is 5.41 Å². The van der Waals surface area contributed by atoms with Crippen molar-refractivity contribution < 1.29 is 4.74 Å². The second kappa shape index (κ2) is 11.7. The van der Waals surface area contributed by atoms with Gasteiger partial charge < -0.3 is 4.74 Å². The van der Waals surface area contributed by atoms with Crippen LogP contribution in [0.3, 0.4) is 0 Å². The van der Waals surface area contributed by atoms with Crippen molar-refractivity contribution in [1.29, 1.82) is 0 Å². The number of aliphatic imine (C=N–C) groups is 1. The Bertz CT molecular complexity index is 1160. The van der Waals surface area contributed by atoms with Crippen LogP contribution in [0.1, 0.15) is 75.3 Å². The molecule has 176 valence electrons. The molecule has 0 spiro atoms. The van der Waals surface area contributed by atoms with Gasteiger partial charge in [-0.3, -0.25) is 4.99 Å². The summed E-state index contributed by atoms with van der Waals surface area (Å²) in [6.45, 7) is 15.7. The summed E-state index contributed by atoms with van der Waals surface area (Å²) in [4.78, 5) is 4.58. The number of rotatable bonds is 6. The average Bonchev–Trinajstić information content (AvgIpc) is 2.88. The first-order chi connectivity index (χ1) is 16.4. The van der Waals surface area contributed by atoms with Crippen molar-refractivity contribution in [3.8, 4) is 5.75 Å². The Morgan fingerprint density at radius 2 is 1.65 bits per heavy atom. The lowest BCUT2D eigenvalue weighted by Gasteiger charge is -2.25. The van der Waals surface area contributed by atoms with E-state index in [4.69, 9.17) is 4.74 Å². The Morgan fingerprint density at radius 1 is 0.912 bits per heavy atom. The molecule has 0 aromatic heterocycles. The van der Waals surface area contributed by atoms with Crippen LogP contribution in [0.5, 0.6) is 5.75 Å². The minimum absolute atomic E-state index is 0.0498. The molecule has 34 heavy (non-hydrogen) atoms. The molecule has 0 bridgehead atoms. The number of allylic oxidation sites excluding steroid dienone is 1. The molecule has 1 aliphatic heterocycles. The first kappa shape index (κ1) is 25.2. The quantitative estimate of drug-likeness (QED) is 0.367. The van der Waals surface area contributed by atoms with Crippen LogP contribution in [-0.4, -0.2) is 6.21 Å². The Hall–Kier alpha value is -3.39. The van der Waals surface area contributed by atoms with Crippen molar-refractivity contribution >= 4 is 17.5 Å². The zero-order chi connectivity index (χ0) is 24.6. The third-order valence-corrected chi connectivity index (χ3v) is 5.74. The van der Waals surface area contributed by atoms with Crippen LogP contribution in [0.15, 0.2) is 90.4 Å². The number of ether oxygens (including phenoxy) is 1. The van der Waals surface area contributed by atoms with Gasteiger partial charge in [-0.2, -0.15) is 0 Å². The van der Waals surface area contributed by atoms with E-state index >= 15 is 0 Å². The molecule has 0 fully saturated rings. The highest BCUT2D eigenvalue weighted by atomic mass is 16.5. The highest BCUT2D eigenvalue weighted by molar-refractivity contribution is 5.84. The van der Waals surface area contributed by atoms with Gasteiger partial charge in [0, 0.05) is 22.9 Å². The van der Waals surface area contributed by atoms with E-state index in [2.05, 4.69) is 93.0 Å². The van der Waals surface area contributed by atoms with Crippen LogP contribution in [0.25, 0.3) is 11.3 Å². The average molecular weight is 452 g/mol. The summed E-state index contributed by atoms with van der Waals surface area (Å²) in [7, 11) is 0. The van der Waals surface area contributed by atoms with E-state index < -0.39 is 0 Å². The zero-order valence-corrected chi connectivity index (χ0v) is 21.3. The van der Waals surface area contributed by atoms with Gasteiger partial charge in [-0.05, 0) is 41.0 Å². The zero-order valence-electron chi connectivity index (χ0n) is 21.3. The van der Waals surface area contributed by atoms with E-state index in [1.165, 1.54) is 5.56 Å². The molecule has 0 saturated heterocycles. The topological polar surface area (TPSA) is 21.6 Å². The van der Waals surface area contributed by atoms with Crippen LogP contribution in [0, 0.1) is 0 Å². The van der Waals surface area contributed by atoms with Gasteiger partial charge in [0.1, 0.15) is 12.4 Å². The van der Waals surface area contributed by atoms with E-state index in [1.807, 2.05) is 38.3 Å². The van der Waals surface area contributed by atoms with Crippen molar-refractivity contribution in [1.82, 2.24) is 0 Å². The fourth-order valence-electron chi connectivity index (χ4n) is 3.97. The van der Waals surface area contributed by atoms with Gasteiger partial charge in [-0.1, -0.05) is 114 Å². The second-order valence-corrected chi connectivity index (χ2v) is 9.24. The van der Waals surface area contributed by atoms with Crippen LogP contribution in [-0.2, 0) is 12.0 Å². The maximum absolute atomic E-state index is 6.47. The van der Waals surface area contributed by atoms with Crippen LogP contribution in [0.2, 0.25) is 0 Å². The smallest absolute Gasteiger partial charge is 0.131 e. The molecule has 2 heteroatoms. The van der Waals surface area contributed by atoms with E-state index in [0.717, 1.165) is 52.1 Å².